The Bertz CT molecular complexity index is 97.2. The summed E-state index contributed by atoms with van der Waals surface area (Å²) < 4.78 is 5.37. The van der Waals surface area contributed by atoms with Crippen molar-refractivity contribution in [3.63, 3.8) is 0 Å². The van der Waals surface area contributed by atoms with E-state index in [0.29, 0.717) is 0 Å². The quantitative estimate of drug-likeness (QED) is 0.400. The smallest absolute Gasteiger partial charge is 0.0466 e. The molecule has 0 aromatic heterocycles. The Balaban J connectivity index is 2.81. The molecule has 0 radical (unpaired) electrons. The monoisotopic (exact) mass is 170 g/mol. The lowest BCUT2D eigenvalue weighted by Gasteiger charge is -2.00. The second kappa shape index (κ2) is 10.7. The van der Waals surface area contributed by atoms with Crippen molar-refractivity contribution in [3.05, 3.63) is 12.2 Å². The van der Waals surface area contributed by atoms with Crippen molar-refractivity contribution in [1.29, 1.82) is 0 Å². The Kier molecular flexibility index (Phi) is 10.4. The number of hydrogen-bond donors (Lipinski definition) is 0. The number of unbranched alkanes of at least 4 members (excludes halogenated alkanes) is 3. The first-order chi connectivity index (χ1) is 5.91. The summed E-state index contributed by atoms with van der Waals surface area (Å²) >= 11 is 0. The van der Waals surface area contributed by atoms with Crippen LogP contribution in [0, 0.1) is 0 Å². The van der Waals surface area contributed by atoms with Crippen LogP contribution in [-0.2, 0) is 4.74 Å². The van der Waals surface area contributed by atoms with Gasteiger partial charge in [0, 0.05) is 13.2 Å². The number of allylic oxidation sites excluding steroid dienone is 2. The zero-order valence-electron chi connectivity index (χ0n) is 8.51. The second-order valence-corrected chi connectivity index (χ2v) is 3.03. The van der Waals surface area contributed by atoms with E-state index in [1.807, 2.05) is 0 Å². The van der Waals surface area contributed by atoms with Gasteiger partial charge in [-0.15, -0.1) is 0 Å². The molecule has 0 N–H and O–H groups in total. The highest BCUT2D eigenvalue weighted by Crippen LogP contribution is 2.00. The molecule has 0 saturated heterocycles. The molecule has 0 unspecified atom stereocenters. The van der Waals surface area contributed by atoms with Gasteiger partial charge in [-0.3, -0.25) is 0 Å². The van der Waals surface area contributed by atoms with Crippen molar-refractivity contribution >= 4 is 0 Å². The Morgan fingerprint density at radius 1 is 1.08 bits per heavy atom. The van der Waals surface area contributed by atoms with Gasteiger partial charge in [0.15, 0.2) is 0 Å². The van der Waals surface area contributed by atoms with E-state index in [4.69, 9.17) is 4.74 Å². The topological polar surface area (TPSA) is 9.23 Å². The first-order valence-corrected chi connectivity index (χ1v) is 5.10. The van der Waals surface area contributed by atoms with Crippen molar-refractivity contribution in [2.45, 2.75) is 46.0 Å². The largest absolute Gasteiger partial charge is 0.381 e. The average molecular weight is 170 g/mol. The minimum absolute atomic E-state index is 0.925. The number of ether oxygens (including phenoxy) is 1. The lowest BCUT2D eigenvalue weighted by molar-refractivity contribution is 0.130. The first kappa shape index (κ1) is 11.7. The third-order valence-corrected chi connectivity index (χ3v) is 1.74. The van der Waals surface area contributed by atoms with E-state index in [-0.39, 0.29) is 0 Å². The van der Waals surface area contributed by atoms with Crippen LogP contribution in [0.1, 0.15) is 46.0 Å². The third-order valence-electron chi connectivity index (χ3n) is 1.74. The maximum atomic E-state index is 5.37. The van der Waals surface area contributed by atoms with Crippen LogP contribution in [-0.4, -0.2) is 13.2 Å². The predicted molar refractivity (Wildman–Crippen MR) is 54.4 cm³/mol. The molecule has 0 rings (SSSR count). The van der Waals surface area contributed by atoms with Gasteiger partial charge in [-0.05, 0) is 32.6 Å². The molecule has 0 saturated carbocycles. The number of hydrogen-bond acceptors (Lipinski definition) is 1. The molecule has 0 aromatic carbocycles. The van der Waals surface area contributed by atoms with E-state index < -0.39 is 0 Å². The van der Waals surface area contributed by atoms with E-state index in [9.17, 15) is 0 Å². The summed E-state index contributed by atoms with van der Waals surface area (Å²) in [6.45, 7) is 6.09. The molecule has 0 aliphatic carbocycles. The Hall–Kier alpha value is -0.300. The fraction of sp³-hybridized carbons (Fsp3) is 0.818. The van der Waals surface area contributed by atoms with Crippen LogP contribution in [0.4, 0.5) is 0 Å². The molecular weight excluding hydrogens is 148 g/mol. The zero-order chi connectivity index (χ0) is 9.07. The molecule has 1 heteroatoms. The van der Waals surface area contributed by atoms with Crippen LogP contribution in [0.5, 0.6) is 0 Å². The van der Waals surface area contributed by atoms with Gasteiger partial charge in [-0.25, -0.2) is 0 Å². The van der Waals surface area contributed by atoms with Crippen molar-refractivity contribution in [2.24, 2.45) is 0 Å². The molecular formula is C11H22O. The van der Waals surface area contributed by atoms with E-state index in [0.717, 1.165) is 19.6 Å². The molecule has 0 aliphatic rings. The lowest BCUT2D eigenvalue weighted by Crippen LogP contribution is -1.95. The first-order valence-electron chi connectivity index (χ1n) is 5.10. The molecule has 0 heterocycles. The molecule has 0 spiro atoms. The van der Waals surface area contributed by atoms with Gasteiger partial charge in [0.1, 0.15) is 0 Å². The lowest BCUT2D eigenvalue weighted by atomic mass is 10.2. The Morgan fingerprint density at radius 3 is 2.58 bits per heavy atom. The van der Waals surface area contributed by atoms with Gasteiger partial charge < -0.3 is 4.74 Å². The highest BCUT2D eigenvalue weighted by atomic mass is 16.5. The fourth-order valence-electron chi connectivity index (χ4n) is 1.06. The highest BCUT2D eigenvalue weighted by molar-refractivity contribution is 4.76. The van der Waals surface area contributed by atoms with Crippen molar-refractivity contribution < 1.29 is 4.74 Å². The summed E-state index contributed by atoms with van der Waals surface area (Å²) in [4.78, 5) is 0. The standard InChI is InChI=1S/C11H22O/c1-3-5-6-7-8-9-11-12-10-4-2/h3,5H,4,6-11H2,1-2H3/b5-3+. The van der Waals surface area contributed by atoms with Crippen LogP contribution >= 0.6 is 0 Å². The fourth-order valence-corrected chi connectivity index (χ4v) is 1.06. The van der Waals surface area contributed by atoms with Crippen LogP contribution in [0.3, 0.4) is 0 Å². The van der Waals surface area contributed by atoms with Crippen molar-refractivity contribution in [2.75, 3.05) is 13.2 Å². The van der Waals surface area contributed by atoms with Crippen molar-refractivity contribution in [1.82, 2.24) is 0 Å². The summed E-state index contributed by atoms with van der Waals surface area (Å²) in [5.41, 5.74) is 0. The maximum Gasteiger partial charge on any atom is 0.0466 e. The van der Waals surface area contributed by atoms with Crippen molar-refractivity contribution in [3.8, 4) is 0 Å². The molecule has 1 nitrogen and oxygen atoms in total. The Labute approximate surface area is 76.8 Å². The normalized spacial score (nSPS) is 11.2. The second-order valence-electron chi connectivity index (χ2n) is 3.03. The van der Waals surface area contributed by atoms with E-state index in [1.165, 1.54) is 25.7 Å². The van der Waals surface area contributed by atoms with Gasteiger partial charge >= 0.3 is 0 Å². The summed E-state index contributed by atoms with van der Waals surface area (Å²) in [6.07, 6.45) is 10.5. The van der Waals surface area contributed by atoms with Gasteiger partial charge in [-0.2, -0.15) is 0 Å². The van der Waals surface area contributed by atoms with E-state index in [1.54, 1.807) is 0 Å². The van der Waals surface area contributed by atoms with Gasteiger partial charge in [0.05, 0.1) is 0 Å². The summed E-state index contributed by atoms with van der Waals surface area (Å²) in [6, 6.07) is 0. The van der Waals surface area contributed by atoms with Gasteiger partial charge in [0.25, 0.3) is 0 Å². The molecule has 12 heavy (non-hydrogen) atoms. The molecule has 72 valence electrons. The van der Waals surface area contributed by atoms with E-state index >= 15 is 0 Å². The SMILES string of the molecule is C/C=C/CCCCCOCCC. The highest BCUT2D eigenvalue weighted by Gasteiger charge is 1.87. The predicted octanol–water partition coefficient (Wildman–Crippen LogP) is 3.55. The molecule has 0 fully saturated rings. The summed E-state index contributed by atoms with van der Waals surface area (Å²) in [7, 11) is 0. The molecule has 0 atom stereocenters. The number of rotatable bonds is 8. The van der Waals surface area contributed by atoms with Crippen LogP contribution in [0.25, 0.3) is 0 Å². The zero-order valence-corrected chi connectivity index (χ0v) is 8.51. The minimum atomic E-state index is 0.925. The van der Waals surface area contributed by atoms with Crippen LogP contribution in [0.15, 0.2) is 12.2 Å². The van der Waals surface area contributed by atoms with E-state index in [2.05, 4.69) is 26.0 Å². The molecule has 0 amide bonds. The summed E-state index contributed by atoms with van der Waals surface area (Å²) in [5.74, 6) is 0. The molecule has 0 aliphatic heterocycles. The summed E-state index contributed by atoms with van der Waals surface area (Å²) in [5, 5.41) is 0. The van der Waals surface area contributed by atoms with Gasteiger partial charge in [0.2, 0.25) is 0 Å². The Morgan fingerprint density at radius 2 is 1.92 bits per heavy atom. The molecule has 0 aromatic rings. The third kappa shape index (κ3) is 9.70. The maximum absolute atomic E-state index is 5.37. The minimum Gasteiger partial charge on any atom is -0.381 e. The van der Waals surface area contributed by atoms with Gasteiger partial charge in [-0.1, -0.05) is 25.5 Å². The molecule has 0 bridgehead atoms. The van der Waals surface area contributed by atoms with Crippen LogP contribution in [0.2, 0.25) is 0 Å². The average Bonchev–Trinajstić information content (AvgIpc) is 2.10. The van der Waals surface area contributed by atoms with Crippen LogP contribution < -0.4 is 0 Å².